The normalized spacial score (nSPS) is 14.0. The molecule has 0 saturated carbocycles. The van der Waals surface area contributed by atoms with Gasteiger partial charge in [-0.1, -0.05) is 268 Å². The van der Waals surface area contributed by atoms with Crippen LogP contribution < -0.4 is 4.90 Å². The Morgan fingerprint density at radius 1 is 0.278 bits per heavy atom. The highest BCUT2D eigenvalue weighted by Gasteiger charge is 2.52. The van der Waals surface area contributed by atoms with E-state index >= 15 is 0 Å². The Balaban J connectivity index is 0.951. The van der Waals surface area contributed by atoms with Gasteiger partial charge in [-0.25, -0.2) is 0 Å². The summed E-state index contributed by atoms with van der Waals surface area (Å²) in [5.74, 6) is 0. The lowest BCUT2D eigenvalue weighted by Gasteiger charge is -2.33. The molecule has 11 aromatic carbocycles. The highest BCUT2D eigenvalue weighted by molar-refractivity contribution is 6.01. The summed E-state index contributed by atoms with van der Waals surface area (Å²) < 4.78 is 0. The summed E-state index contributed by atoms with van der Waals surface area (Å²) in [5.41, 5.74) is 31.2. The van der Waals surface area contributed by atoms with Crippen LogP contribution in [0.4, 0.5) is 17.1 Å². The quantitative estimate of drug-likeness (QED) is 0.154. The Bertz CT molecular complexity index is 4150. The molecular weight excluding hydrogens is 951 g/mol. The van der Waals surface area contributed by atoms with Crippen molar-refractivity contribution in [3.63, 3.8) is 0 Å². The minimum absolute atomic E-state index is 0.00405. The van der Waals surface area contributed by atoms with Crippen molar-refractivity contribution in [2.24, 2.45) is 0 Å². The highest BCUT2D eigenvalue weighted by atomic mass is 15.1. The van der Waals surface area contributed by atoms with Crippen LogP contribution >= 0.6 is 0 Å². The van der Waals surface area contributed by atoms with Gasteiger partial charge >= 0.3 is 0 Å². The summed E-state index contributed by atoms with van der Waals surface area (Å²) in [6, 6.07) is 94.2. The van der Waals surface area contributed by atoms with E-state index in [9.17, 15) is 0 Å². The molecule has 0 saturated heterocycles. The van der Waals surface area contributed by atoms with Gasteiger partial charge in [0.1, 0.15) is 0 Å². The van der Waals surface area contributed by atoms with Crippen molar-refractivity contribution < 1.29 is 0 Å². The monoisotopic (exact) mass is 1020 g/mol. The molecule has 79 heavy (non-hydrogen) atoms. The summed E-state index contributed by atoms with van der Waals surface area (Å²) in [6.07, 6.45) is 0. The van der Waals surface area contributed by atoms with E-state index in [0.29, 0.717) is 0 Å². The average Bonchev–Trinajstić information content (AvgIpc) is 3.68. The molecule has 0 aliphatic heterocycles. The van der Waals surface area contributed by atoms with Crippen LogP contribution in [0.5, 0.6) is 0 Å². The molecule has 0 bridgehead atoms. The van der Waals surface area contributed by atoms with Crippen LogP contribution in [0.2, 0.25) is 0 Å². The number of fused-ring (bicyclic) bond motifs is 13. The molecule has 0 unspecified atom stereocenters. The van der Waals surface area contributed by atoms with Crippen molar-refractivity contribution in [1.29, 1.82) is 0 Å². The first-order valence-electron chi connectivity index (χ1n) is 28.2. The Labute approximate surface area is 467 Å². The zero-order chi connectivity index (χ0) is 54.0. The van der Waals surface area contributed by atoms with Gasteiger partial charge in [0.25, 0.3) is 0 Å². The fourth-order valence-electron chi connectivity index (χ4n) is 13.8. The van der Waals surface area contributed by atoms with E-state index in [1.807, 2.05) is 0 Å². The lowest BCUT2D eigenvalue weighted by atomic mass is 9.68. The fraction of sp³-hybridized carbons (Fsp3) is 0.154. The minimum atomic E-state index is -0.446. The van der Waals surface area contributed by atoms with Crippen molar-refractivity contribution in [2.45, 2.75) is 77.0 Å². The van der Waals surface area contributed by atoms with Crippen LogP contribution in [-0.2, 0) is 21.7 Å². The number of benzene rings is 11. The first kappa shape index (κ1) is 48.6. The van der Waals surface area contributed by atoms with E-state index in [-0.39, 0.29) is 16.2 Å². The van der Waals surface area contributed by atoms with Gasteiger partial charge in [0.15, 0.2) is 0 Å². The predicted molar refractivity (Wildman–Crippen MR) is 334 cm³/mol. The molecule has 14 rings (SSSR count). The molecule has 1 heteroatoms. The van der Waals surface area contributed by atoms with Gasteiger partial charge in [-0.05, 0) is 158 Å². The van der Waals surface area contributed by atoms with Crippen molar-refractivity contribution in [1.82, 2.24) is 0 Å². The SMILES string of the molecule is CC(C)(C)c1ccc2c(c1)C1(c3ccccc3-c3cc(-c4ccc(N(c5ccc(-c6ccccc6)cc5-c5ccccc5)c5ccccc5-c5cccc6c5-c5ccccc5C6(C)C)cc4)ccc31)c1cc(C(C)(C)C)ccc1-2. The van der Waals surface area contributed by atoms with Crippen molar-refractivity contribution in [2.75, 3.05) is 4.90 Å². The second-order valence-corrected chi connectivity index (χ2v) is 24.8. The molecule has 0 aromatic heterocycles. The number of rotatable bonds is 7. The van der Waals surface area contributed by atoms with E-state index in [1.54, 1.807) is 0 Å². The summed E-state index contributed by atoms with van der Waals surface area (Å²) >= 11 is 0. The van der Waals surface area contributed by atoms with Crippen molar-refractivity contribution in [3.05, 3.63) is 293 Å². The van der Waals surface area contributed by atoms with Crippen LogP contribution in [0.1, 0.15) is 99.9 Å². The first-order chi connectivity index (χ1) is 38.2. The van der Waals surface area contributed by atoms with E-state index in [2.05, 4.69) is 309 Å². The van der Waals surface area contributed by atoms with Crippen LogP contribution in [0.25, 0.3) is 77.9 Å². The second kappa shape index (κ2) is 17.9. The van der Waals surface area contributed by atoms with Crippen LogP contribution in [0, 0.1) is 0 Å². The molecule has 382 valence electrons. The third kappa shape index (κ3) is 7.50. The van der Waals surface area contributed by atoms with E-state index in [1.165, 1.54) is 117 Å². The fourth-order valence-corrected chi connectivity index (χ4v) is 13.8. The molecule has 11 aromatic rings. The minimum Gasteiger partial charge on any atom is -0.309 e. The molecule has 1 nitrogen and oxygen atoms in total. The molecule has 3 aliphatic carbocycles. The smallest absolute Gasteiger partial charge is 0.0725 e. The first-order valence-corrected chi connectivity index (χ1v) is 28.2. The summed E-state index contributed by atoms with van der Waals surface area (Å²) in [6.45, 7) is 18.8. The summed E-state index contributed by atoms with van der Waals surface area (Å²) in [4.78, 5) is 2.51. The van der Waals surface area contributed by atoms with E-state index in [4.69, 9.17) is 0 Å². The predicted octanol–water partition coefficient (Wildman–Crippen LogP) is 21.1. The maximum Gasteiger partial charge on any atom is 0.0725 e. The molecule has 0 heterocycles. The molecule has 0 atom stereocenters. The summed E-state index contributed by atoms with van der Waals surface area (Å²) in [5, 5.41) is 0. The number of para-hydroxylation sites is 1. The van der Waals surface area contributed by atoms with Gasteiger partial charge in [-0.3, -0.25) is 0 Å². The lowest BCUT2D eigenvalue weighted by Crippen LogP contribution is -2.27. The van der Waals surface area contributed by atoms with Gasteiger partial charge in [-0.2, -0.15) is 0 Å². The Morgan fingerprint density at radius 3 is 1.38 bits per heavy atom. The van der Waals surface area contributed by atoms with Gasteiger partial charge in [0.2, 0.25) is 0 Å². The van der Waals surface area contributed by atoms with Gasteiger partial charge in [0, 0.05) is 22.2 Å². The molecule has 3 aliphatic rings. The number of hydrogen-bond acceptors (Lipinski definition) is 1. The van der Waals surface area contributed by atoms with Crippen LogP contribution in [0.3, 0.4) is 0 Å². The molecule has 0 radical (unpaired) electrons. The molecule has 0 amide bonds. The standard InChI is InChI=1S/C78H65N/c1-75(2,3)55-38-42-59-60-43-39-56(76(4,5)6)49-71(60)78(70(59)48-55)67-31-19-15-26-58(67)65-47-53(36-44-68(65)78)51-34-40-57(41-35-51)79(73-45-37-54(50-22-11-9-12-23-50)46-64(73)52-24-13-10-14-25-52)72-33-20-17-27-61(72)62-29-21-32-69-74(62)63-28-16-18-30-66(63)77(69,7)8/h9-49H,1-8H3. The topological polar surface area (TPSA) is 3.24 Å². The second-order valence-electron chi connectivity index (χ2n) is 24.8. The maximum absolute atomic E-state index is 2.54. The number of anilines is 3. The summed E-state index contributed by atoms with van der Waals surface area (Å²) in [7, 11) is 0. The van der Waals surface area contributed by atoms with Crippen molar-refractivity contribution in [3.8, 4) is 77.9 Å². The largest absolute Gasteiger partial charge is 0.309 e. The van der Waals surface area contributed by atoms with Gasteiger partial charge in [0.05, 0.1) is 16.8 Å². The molecule has 1 spiro atoms. The van der Waals surface area contributed by atoms with E-state index in [0.717, 1.165) is 22.6 Å². The Kier molecular flexibility index (Phi) is 11.0. The third-order valence-corrected chi connectivity index (χ3v) is 17.8. The third-order valence-electron chi connectivity index (χ3n) is 17.8. The lowest BCUT2D eigenvalue weighted by molar-refractivity contribution is 0.586. The molecule has 0 N–H and O–H groups in total. The number of nitrogens with zero attached hydrogens (tertiary/aromatic N) is 1. The van der Waals surface area contributed by atoms with Gasteiger partial charge in [-0.15, -0.1) is 0 Å². The Hall–Kier alpha value is -8.78. The zero-order valence-corrected chi connectivity index (χ0v) is 46.6. The molecular formula is C78H65N. The van der Waals surface area contributed by atoms with Crippen LogP contribution in [0.15, 0.2) is 249 Å². The van der Waals surface area contributed by atoms with Crippen LogP contribution in [-0.4, -0.2) is 0 Å². The zero-order valence-electron chi connectivity index (χ0n) is 46.6. The number of hydrogen-bond donors (Lipinski definition) is 0. The average molecular weight is 1020 g/mol. The van der Waals surface area contributed by atoms with E-state index < -0.39 is 5.41 Å². The van der Waals surface area contributed by atoms with Gasteiger partial charge < -0.3 is 4.90 Å². The highest BCUT2D eigenvalue weighted by Crippen LogP contribution is 2.64. The molecule has 0 fully saturated rings. The van der Waals surface area contributed by atoms with Crippen molar-refractivity contribution >= 4 is 17.1 Å². The maximum atomic E-state index is 2.54. The Morgan fingerprint density at radius 2 is 0.734 bits per heavy atom.